The molecule has 1 amide bonds. The molecular weight excluding hydrogens is 220 g/mol. The molecule has 1 aliphatic heterocycles. The fraction of sp³-hybridized carbons (Fsp3) is 0.917. The Bertz CT molecular complexity index is 218. The highest BCUT2D eigenvalue weighted by Gasteiger charge is 2.14. The summed E-state index contributed by atoms with van der Waals surface area (Å²) < 4.78 is 10.6. The zero-order chi connectivity index (χ0) is 12.5. The molecule has 0 aromatic carbocycles. The van der Waals surface area contributed by atoms with Gasteiger partial charge in [0.05, 0.1) is 25.7 Å². The lowest BCUT2D eigenvalue weighted by Gasteiger charge is -2.23. The van der Waals surface area contributed by atoms with Crippen molar-refractivity contribution >= 4 is 5.91 Å². The van der Waals surface area contributed by atoms with Gasteiger partial charge in [-0.2, -0.15) is 0 Å². The molecule has 1 heterocycles. The maximum absolute atomic E-state index is 11.7. The van der Waals surface area contributed by atoms with Gasteiger partial charge in [0.25, 0.3) is 0 Å². The monoisotopic (exact) mass is 244 g/mol. The summed E-state index contributed by atoms with van der Waals surface area (Å²) in [5.41, 5.74) is 0. The molecule has 1 N–H and O–H groups in total. The third-order valence-corrected chi connectivity index (χ3v) is 3.01. The molecule has 5 heteroatoms. The third-order valence-electron chi connectivity index (χ3n) is 3.01. The van der Waals surface area contributed by atoms with Crippen LogP contribution < -0.4 is 5.32 Å². The smallest absolute Gasteiger partial charge is 0.224 e. The number of ether oxygens (including phenoxy) is 2. The summed E-state index contributed by atoms with van der Waals surface area (Å²) in [7, 11) is 3.43. The molecule has 0 aromatic heterocycles. The van der Waals surface area contributed by atoms with E-state index < -0.39 is 0 Å². The normalized spacial score (nSPS) is 17.1. The second-order valence-electron chi connectivity index (χ2n) is 4.38. The van der Waals surface area contributed by atoms with Crippen LogP contribution in [0, 0.1) is 0 Å². The second kappa shape index (κ2) is 8.44. The highest BCUT2D eigenvalue weighted by molar-refractivity contribution is 5.75. The molecule has 0 aliphatic carbocycles. The lowest BCUT2D eigenvalue weighted by atomic mass is 10.1. The van der Waals surface area contributed by atoms with Crippen molar-refractivity contribution in [3.05, 3.63) is 0 Å². The third kappa shape index (κ3) is 6.00. The number of likely N-dealkylation sites (N-methyl/N-ethyl adjacent to an activating group) is 1. The summed E-state index contributed by atoms with van der Waals surface area (Å²) in [6.07, 6.45) is 2.89. The molecule has 5 nitrogen and oxygen atoms in total. The van der Waals surface area contributed by atoms with Gasteiger partial charge in [0.15, 0.2) is 0 Å². The van der Waals surface area contributed by atoms with Crippen LogP contribution in [0.15, 0.2) is 0 Å². The Hall–Kier alpha value is -0.650. The van der Waals surface area contributed by atoms with E-state index >= 15 is 0 Å². The molecule has 1 saturated heterocycles. The maximum Gasteiger partial charge on any atom is 0.224 e. The Morgan fingerprint density at radius 1 is 1.35 bits per heavy atom. The molecule has 0 saturated carbocycles. The quantitative estimate of drug-likeness (QED) is 0.697. The van der Waals surface area contributed by atoms with Crippen molar-refractivity contribution in [2.75, 3.05) is 47.0 Å². The fourth-order valence-corrected chi connectivity index (χ4v) is 1.82. The maximum atomic E-state index is 11.7. The van der Waals surface area contributed by atoms with Gasteiger partial charge >= 0.3 is 0 Å². The number of rotatable bonds is 7. The van der Waals surface area contributed by atoms with Gasteiger partial charge in [-0.1, -0.05) is 0 Å². The van der Waals surface area contributed by atoms with Gasteiger partial charge in [-0.05, 0) is 25.9 Å². The molecule has 1 aliphatic rings. The number of piperidine rings is 1. The Balaban J connectivity index is 2.06. The summed E-state index contributed by atoms with van der Waals surface area (Å²) in [6.45, 7) is 3.79. The Morgan fingerprint density at radius 3 is 2.71 bits per heavy atom. The average Bonchev–Trinajstić information content (AvgIpc) is 2.37. The summed E-state index contributed by atoms with van der Waals surface area (Å²) in [4.78, 5) is 13.4. The molecule has 1 rings (SSSR count). The number of nitrogens with zero attached hydrogens (tertiary/aromatic N) is 1. The molecule has 1 fully saturated rings. The minimum absolute atomic E-state index is 0.121. The van der Waals surface area contributed by atoms with Crippen molar-refractivity contribution in [3.8, 4) is 0 Å². The molecule has 0 bridgehead atoms. The lowest BCUT2D eigenvalue weighted by molar-refractivity contribution is -0.132. The largest absolute Gasteiger partial charge is 0.383 e. The van der Waals surface area contributed by atoms with E-state index in [1.54, 1.807) is 19.1 Å². The Labute approximate surface area is 103 Å². The number of nitrogens with one attached hydrogen (secondary N) is 1. The molecular formula is C12H24N2O3. The lowest BCUT2D eigenvalue weighted by Crippen LogP contribution is -2.34. The molecule has 17 heavy (non-hydrogen) atoms. The number of methoxy groups -OCH3 is 1. The van der Waals surface area contributed by atoms with Crippen molar-refractivity contribution in [1.29, 1.82) is 0 Å². The first-order valence-corrected chi connectivity index (χ1v) is 6.29. The van der Waals surface area contributed by atoms with E-state index in [1.165, 1.54) is 0 Å². The first kappa shape index (κ1) is 14.4. The number of carbonyl (C=O) groups is 1. The van der Waals surface area contributed by atoms with E-state index in [0.717, 1.165) is 25.9 Å². The number of hydrogen-bond donors (Lipinski definition) is 1. The van der Waals surface area contributed by atoms with Crippen molar-refractivity contribution in [1.82, 2.24) is 10.2 Å². The van der Waals surface area contributed by atoms with Crippen LogP contribution in [-0.2, 0) is 14.3 Å². The fourth-order valence-electron chi connectivity index (χ4n) is 1.82. The van der Waals surface area contributed by atoms with Crippen LogP contribution in [0.25, 0.3) is 0 Å². The topological polar surface area (TPSA) is 50.8 Å². The number of amides is 1. The van der Waals surface area contributed by atoms with Crippen LogP contribution in [-0.4, -0.2) is 63.9 Å². The van der Waals surface area contributed by atoms with Gasteiger partial charge in [-0.25, -0.2) is 0 Å². The van der Waals surface area contributed by atoms with E-state index in [-0.39, 0.29) is 5.91 Å². The van der Waals surface area contributed by atoms with Gasteiger partial charge in [0.1, 0.15) is 0 Å². The first-order valence-electron chi connectivity index (χ1n) is 6.29. The Morgan fingerprint density at radius 2 is 2.06 bits per heavy atom. The van der Waals surface area contributed by atoms with Crippen molar-refractivity contribution in [3.63, 3.8) is 0 Å². The zero-order valence-corrected chi connectivity index (χ0v) is 10.9. The predicted octanol–water partition coefficient (Wildman–Crippen LogP) is 0.250. The number of hydrogen-bond acceptors (Lipinski definition) is 4. The van der Waals surface area contributed by atoms with Crippen LogP contribution in [0.3, 0.4) is 0 Å². The van der Waals surface area contributed by atoms with Gasteiger partial charge in [0.2, 0.25) is 5.91 Å². The molecule has 0 atom stereocenters. The molecule has 0 unspecified atom stereocenters. The highest BCUT2D eigenvalue weighted by Crippen LogP contribution is 2.07. The highest BCUT2D eigenvalue weighted by atomic mass is 16.5. The average molecular weight is 244 g/mol. The van der Waals surface area contributed by atoms with Crippen LogP contribution in [0.4, 0.5) is 0 Å². The van der Waals surface area contributed by atoms with Crippen molar-refractivity contribution < 1.29 is 14.3 Å². The summed E-state index contributed by atoms with van der Waals surface area (Å²) in [6, 6.07) is 0. The van der Waals surface area contributed by atoms with Crippen LogP contribution in [0.5, 0.6) is 0 Å². The molecule has 0 aromatic rings. The number of carbonyl (C=O) groups excluding carboxylic acids is 1. The summed E-state index contributed by atoms with van der Waals surface area (Å²) in [5.74, 6) is 0.121. The van der Waals surface area contributed by atoms with Crippen molar-refractivity contribution in [2.45, 2.75) is 25.4 Å². The van der Waals surface area contributed by atoms with E-state index in [9.17, 15) is 4.79 Å². The van der Waals surface area contributed by atoms with Crippen molar-refractivity contribution in [2.24, 2.45) is 0 Å². The SMILES string of the molecule is COCCN(C)C(=O)CCOC1CCNCC1. The zero-order valence-electron chi connectivity index (χ0n) is 10.9. The standard InChI is InChI=1S/C12H24N2O3/c1-14(8-10-16-2)12(15)5-9-17-11-3-6-13-7-4-11/h11,13H,3-10H2,1-2H3. The van der Waals surface area contributed by atoms with E-state index in [0.29, 0.717) is 32.3 Å². The van der Waals surface area contributed by atoms with E-state index in [2.05, 4.69) is 5.32 Å². The van der Waals surface area contributed by atoms with Crippen LogP contribution in [0.1, 0.15) is 19.3 Å². The summed E-state index contributed by atoms with van der Waals surface area (Å²) >= 11 is 0. The predicted molar refractivity (Wildman–Crippen MR) is 66.0 cm³/mol. The van der Waals surface area contributed by atoms with Crippen LogP contribution in [0.2, 0.25) is 0 Å². The van der Waals surface area contributed by atoms with Crippen LogP contribution >= 0.6 is 0 Å². The Kier molecular flexibility index (Phi) is 7.16. The minimum atomic E-state index is 0.121. The molecule has 100 valence electrons. The summed E-state index contributed by atoms with van der Waals surface area (Å²) in [5, 5.41) is 3.29. The van der Waals surface area contributed by atoms with Gasteiger partial charge in [-0.3, -0.25) is 4.79 Å². The molecule has 0 radical (unpaired) electrons. The van der Waals surface area contributed by atoms with Gasteiger partial charge < -0.3 is 19.7 Å². The van der Waals surface area contributed by atoms with E-state index in [1.807, 2.05) is 0 Å². The second-order valence-corrected chi connectivity index (χ2v) is 4.38. The van der Waals surface area contributed by atoms with E-state index in [4.69, 9.17) is 9.47 Å². The van der Waals surface area contributed by atoms with Gasteiger partial charge in [-0.15, -0.1) is 0 Å². The molecule has 0 spiro atoms. The van der Waals surface area contributed by atoms with Gasteiger partial charge in [0, 0.05) is 20.7 Å². The minimum Gasteiger partial charge on any atom is -0.383 e. The first-order chi connectivity index (χ1) is 8.24.